The Labute approximate surface area is 127 Å². The van der Waals surface area contributed by atoms with Crippen molar-refractivity contribution >= 4 is 23.4 Å². The highest BCUT2D eigenvalue weighted by atomic mass is 35.5. The van der Waals surface area contributed by atoms with E-state index in [1.807, 2.05) is 24.3 Å². The molecule has 0 amide bonds. The fraction of sp³-hybridized carbons (Fsp3) is 0.429. The van der Waals surface area contributed by atoms with Gasteiger partial charge in [0.2, 0.25) is 5.89 Å². The highest BCUT2D eigenvalue weighted by molar-refractivity contribution is 7.98. The van der Waals surface area contributed by atoms with E-state index in [2.05, 4.69) is 10.1 Å². The highest BCUT2D eigenvalue weighted by Gasteiger charge is 2.42. The van der Waals surface area contributed by atoms with Gasteiger partial charge in [-0.1, -0.05) is 29.2 Å². The molecular formula is C14H16ClN3OS. The van der Waals surface area contributed by atoms with Crippen LogP contribution in [0.25, 0.3) is 0 Å². The number of thioether (sulfide) groups is 1. The fourth-order valence-electron chi connectivity index (χ4n) is 2.34. The normalized spacial score (nSPS) is 16.9. The van der Waals surface area contributed by atoms with E-state index in [0.717, 1.165) is 22.8 Å². The van der Waals surface area contributed by atoms with Crippen LogP contribution in [0.5, 0.6) is 0 Å². The molecule has 0 atom stereocenters. The summed E-state index contributed by atoms with van der Waals surface area (Å²) in [7, 11) is 0. The lowest BCUT2D eigenvalue weighted by molar-refractivity contribution is 0.181. The summed E-state index contributed by atoms with van der Waals surface area (Å²) in [5.41, 5.74) is 5.78. The minimum atomic E-state index is -0.0635. The molecule has 1 aliphatic rings. The van der Waals surface area contributed by atoms with Crippen molar-refractivity contribution in [3.63, 3.8) is 0 Å². The number of nitrogens with two attached hydrogens (primary N) is 1. The van der Waals surface area contributed by atoms with Gasteiger partial charge in [0.05, 0.1) is 11.2 Å². The Kier molecular flexibility index (Phi) is 4.01. The molecule has 1 fully saturated rings. The van der Waals surface area contributed by atoms with E-state index in [4.69, 9.17) is 21.9 Å². The maximum atomic E-state index is 5.96. The van der Waals surface area contributed by atoms with Gasteiger partial charge in [0.1, 0.15) is 0 Å². The smallest absolute Gasteiger partial charge is 0.234 e. The number of benzene rings is 1. The molecule has 106 valence electrons. The lowest BCUT2D eigenvalue weighted by atomic mass is 9.69. The van der Waals surface area contributed by atoms with Crippen molar-refractivity contribution in [2.45, 2.75) is 35.3 Å². The predicted molar refractivity (Wildman–Crippen MR) is 79.9 cm³/mol. The average Bonchev–Trinajstić information content (AvgIpc) is 2.85. The second-order valence-electron chi connectivity index (χ2n) is 5.10. The molecule has 0 radical (unpaired) electrons. The van der Waals surface area contributed by atoms with Gasteiger partial charge < -0.3 is 10.3 Å². The molecule has 3 rings (SSSR count). The lowest BCUT2D eigenvalue weighted by Gasteiger charge is -2.36. The molecule has 0 saturated heterocycles. The van der Waals surface area contributed by atoms with Crippen LogP contribution in [0.4, 0.5) is 0 Å². The van der Waals surface area contributed by atoms with Gasteiger partial charge >= 0.3 is 0 Å². The third kappa shape index (κ3) is 2.71. The second-order valence-corrected chi connectivity index (χ2v) is 6.59. The standard InChI is InChI=1S/C14H16ClN3OS/c15-10-3-1-4-11(7-10)20-8-12-17-13(19-18-12)14(9-16)5-2-6-14/h1,3-4,7H,2,5-6,8-9,16H2. The molecule has 6 heteroatoms. The SMILES string of the molecule is NCC1(c2nc(CSc3cccc(Cl)c3)no2)CCC1. The van der Waals surface area contributed by atoms with Gasteiger partial charge in [0, 0.05) is 16.5 Å². The van der Waals surface area contributed by atoms with Crippen molar-refractivity contribution in [2.75, 3.05) is 6.54 Å². The van der Waals surface area contributed by atoms with Gasteiger partial charge in [0.15, 0.2) is 5.82 Å². The van der Waals surface area contributed by atoms with Gasteiger partial charge in [-0.25, -0.2) is 0 Å². The Hall–Kier alpha value is -1.04. The van der Waals surface area contributed by atoms with Crippen LogP contribution in [0, 0.1) is 0 Å². The molecule has 0 bridgehead atoms. The van der Waals surface area contributed by atoms with E-state index in [9.17, 15) is 0 Å². The molecule has 1 aliphatic carbocycles. The summed E-state index contributed by atoms with van der Waals surface area (Å²) in [6, 6.07) is 7.75. The molecule has 1 aromatic carbocycles. The molecule has 2 aromatic rings. The van der Waals surface area contributed by atoms with Gasteiger partial charge in [-0.2, -0.15) is 4.98 Å². The Morgan fingerprint density at radius 3 is 2.90 bits per heavy atom. The van der Waals surface area contributed by atoms with Gasteiger partial charge in [0.25, 0.3) is 0 Å². The Morgan fingerprint density at radius 1 is 1.40 bits per heavy atom. The molecule has 1 heterocycles. The number of aromatic nitrogens is 2. The zero-order chi connectivity index (χ0) is 14.0. The minimum Gasteiger partial charge on any atom is -0.339 e. The highest BCUT2D eigenvalue weighted by Crippen LogP contribution is 2.42. The summed E-state index contributed by atoms with van der Waals surface area (Å²) in [5.74, 6) is 2.09. The van der Waals surface area contributed by atoms with Crippen LogP contribution >= 0.6 is 23.4 Å². The van der Waals surface area contributed by atoms with Gasteiger partial charge in [-0.3, -0.25) is 0 Å². The van der Waals surface area contributed by atoms with Crippen molar-refractivity contribution in [3.05, 3.63) is 41.0 Å². The van der Waals surface area contributed by atoms with Gasteiger partial charge in [-0.15, -0.1) is 11.8 Å². The van der Waals surface area contributed by atoms with E-state index >= 15 is 0 Å². The Morgan fingerprint density at radius 2 is 2.25 bits per heavy atom. The summed E-state index contributed by atoms with van der Waals surface area (Å²) in [4.78, 5) is 5.60. The van der Waals surface area contributed by atoms with E-state index in [1.54, 1.807) is 11.8 Å². The average molecular weight is 310 g/mol. The Balaban J connectivity index is 1.66. The van der Waals surface area contributed by atoms with Crippen molar-refractivity contribution in [1.82, 2.24) is 10.1 Å². The largest absolute Gasteiger partial charge is 0.339 e. The van der Waals surface area contributed by atoms with E-state index in [0.29, 0.717) is 24.0 Å². The molecular weight excluding hydrogens is 294 g/mol. The van der Waals surface area contributed by atoms with Crippen molar-refractivity contribution < 1.29 is 4.52 Å². The fourth-order valence-corrected chi connectivity index (χ4v) is 3.39. The van der Waals surface area contributed by atoms with Crippen LogP contribution in [0.1, 0.15) is 31.0 Å². The maximum Gasteiger partial charge on any atom is 0.234 e. The zero-order valence-corrected chi connectivity index (χ0v) is 12.6. The quantitative estimate of drug-likeness (QED) is 0.858. The summed E-state index contributed by atoms with van der Waals surface area (Å²) in [6.45, 7) is 0.579. The lowest BCUT2D eigenvalue weighted by Crippen LogP contribution is -2.41. The predicted octanol–water partition coefficient (Wildman–Crippen LogP) is 3.40. The Bertz CT molecular complexity index is 592. The van der Waals surface area contributed by atoms with Crippen LogP contribution in [0.3, 0.4) is 0 Å². The zero-order valence-electron chi connectivity index (χ0n) is 11.0. The van der Waals surface area contributed by atoms with E-state index in [-0.39, 0.29) is 5.41 Å². The number of halogens is 1. The molecule has 0 aliphatic heterocycles. The molecule has 1 saturated carbocycles. The summed E-state index contributed by atoms with van der Waals surface area (Å²) in [5, 5.41) is 4.79. The first-order chi connectivity index (χ1) is 9.72. The van der Waals surface area contributed by atoms with Gasteiger partial charge in [-0.05, 0) is 31.0 Å². The molecule has 2 N–H and O–H groups in total. The first-order valence-corrected chi connectivity index (χ1v) is 8.00. The van der Waals surface area contributed by atoms with Crippen LogP contribution in [-0.4, -0.2) is 16.7 Å². The maximum absolute atomic E-state index is 5.96. The second kappa shape index (κ2) is 5.76. The third-order valence-corrected chi connectivity index (χ3v) is 5.01. The molecule has 0 spiro atoms. The van der Waals surface area contributed by atoms with Crippen molar-refractivity contribution in [3.8, 4) is 0 Å². The topological polar surface area (TPSA) is 64.9 Å². The van der Waals surface area contributed by atoms with E-state index < -0.39 is 0 Å². The summed E-state index contributed by atoms with van der Waals surface area (Å²) >= 11 is 7.60. The minimum absolute atomic E-state index is 0.0635. The van der Waals surface area contributed by atoms with Crippen LogP contribution < -0.4 is 5.73 Å². The molecule has 20 heavy (non-hydrogen) atoms. The number of rotatable bonds is 5. The van der Waals surface area contributed by atoms with Crippen LogP contribution in [0.15, 0.2) is 33.7 Å². The first-order valence-electron chi connectivity index (χ1n) is 6.63. The number of hydrogen-bond acceptors (Lipinski definition) is 5. The summed E-state index contributed by atoms with van der Waals surface area (Å²) in [6.07, 6.45) is 3.28. The molecule has 0 unspecified atom stereocenters. The number of hydrogen-bond donors (Lipinski definition) is 1. The monoisotopic (exact) mass is 309 g/mol. The first kappa shape index (κ1) is 13.9. The van der Waals surface area contributed by atoms with Crippen molar-refractivity contribution in [2.24, 2.45) is 5.73 Å². The third-order valence-electron chi connectivity index (χ3n) is 3.79. The molecule has 1 aromatic heterocycles. The van der Waals surface area contributed by atoms with Crippen LogP contribution in [0.2, 0.25) is 5.02 Å². The number of nitrogens with zero attached hydrogens (tertiary/aromatic N) is 2. The van der Waals surface area contributed by atoms with Crippen molar-refractivity contribution in [1.29, 1.82) is 0 Å². The van der Waals surface area contributed by atoms with E-state index in [1.165, 1.54) is 6.42 Å². The molecule has 4 nitrogen and oxygen atoms in total. The van der Waals surface area contributed by atoms with Crippen LogP contribution in [-0.2, 0) is 11.2 Å². The summed E-state index contributed by atoms with van der Waals surface area (Å²) < 4.78 is 5.39.